The van der Waals surface area contributed by atoms with Crippen molar-refractivity contribution in [1.82, 2.24) is 15.2 Å². The predicted molar refractivity (Wildman–Crippen MR) is 218 cm³/mol. The zero-order valence-electron chi connectivity index (χ0n) is 34.3. The molecule has 0 saturated carbocycles. The molecular formula is C42H67N4O5S2+. The highest BCUT2D eigenvalue weighted by Crippen LogP contribution is 2.34. The number of methoxy groups -OCH3 is 1. The topological polar surface area (TPSA) is 97.8 Å². The number of thioether (sulfide) groups is 1. The number of quaternary nitrogens is 1. The van der Waals surface area contributed by atoms with Crippen molar-refractivity contribution in [2.75, 3.05) is 33.9 Å². The van der Waals surface area contributed by atoms with Crippen molar-refractivity contribution < 1.29 is 28.3 Å². The molecule has 296 valence electrons. The molecule has 2 heterocycles. The number of nitrogens with one attached hydrogen (secondary N) is 1. The molecule has 3 rings (SSSR count). The Morgan fingerprint density at radius 1 is 1.09 bits per heavy atom. The first kappa shape index (κ1) is 44.7. The number of ether oxygens (including phenoxy) is 2. The Kier molecular flexibility index (Phi) is 17.5. The van der Waals surface area contributed by atoms with Gasteiger partial charge in [-0.05, 0) is 50.2 Å². The summed E-state index contributed by atoms with van der Waals surface area (Å²) in [5, 5.41) is 5.71. The van der Waals surface area contributed by atoms with E-state index in [0.717, 1.165) is 45.2 Å². The fourth-order valence-electron chi connectivity index (χ4n) is 7.22. The van der Waals surface area contributed by atoms with E-state index in [0.29, 0.717) is 29.1 Å². The van der Waals surface area contributed by atoms with Gasteiger partial charge in [-0.2, -0.15) is 0 Å². The molecule has 0 aliphatic carbocycles. The summed E-state index contributed by atoms with van der Waals surface area (Å²) >= 11 is 3.22. The normalized spacial score (nSPS) is 20.2. The highest BCUT2D eigenvalue weighted by molar-refractivity contribution is 8.00. The summed E-state index contributed by atoms with van der Waals surface area (Å²) in [6, 6.07) is 7.66. The van der Waals surface area contributed by atoms with Gasteiger partial charge in [-0.1, -0.05) is 86.1 Å². The van der Waals surface area contributed by atoms with E-state index in [1.54, 1.807) is 5.38 Å². The van der Waals surface area contributed by atoms with Crippen LogP contribution in [-0.2, 0) is 25.6 Å². The Labute approximate surface area is 328 Å². The highest BCUT2D eigenvalue weighted by atomic mass is 32.2. The number of carbonyl (C=O) groups excluding carboxylic acids is 3. The Balaban J connectivity index is 1.92. The zero-order valence-corrected chi connectivity index (χ0v) is 35.9. The van der Waals surface area contributed by atoms with Crippen LogP contribution in [0.4, 0.5) is 0 Å². The zero-order chi connectivity index (χ0) is 39.3. The average Bonchev–Trinajstić information content (AvgIpc) is 3.61. The fourth-order valence-corrected chi connectivity index (χ4v) is 9.05. The second-order valence-electron chi connectivity index (χ2n) is 16.0. The monoisotopic (exact) mass is 771 g/mol. The first-order chi connectivity index (χ1) is 25.1. The van der Waals surface area contributed by atoms with Gasteiger partial charge in [0.05, 0.1) is 20.7 Å². The number of likely N-dealkylation sites (N-methyl/N-ethyl adjacent to an activating group) is 1. The molecule has 1 aliphatic rings. The first-order valence-electron chi connectivity index (χ1n) is 19.6. The third kappa shape index (κ3) is 12.9. The Morgan fingerprint density at radius 3 is 2.38 bits per heavy atom. The van der Waals surface area contributed by atoms with Gasteiger partial charge in [0.1, 0.15) is 23.7 Å². The van der Waals surface area contributed by atoms with Crippen molar-refractivity contribution in [2.45, 2.75) is 141 Å². The lowest BCUT2D eigenvalue weighted by Gasteiger charge is -2.45. The SMILES string of the molecule is CC/C=C/CN(C(=O)[C@@H](NC(=O)[C@H]1CCCC[N+]1(C)Cc1ccc(SC(C)(C)C)cc1)C(C)CC)[C@H](C[C@@H](OCC)c1nc(C(=O)OC)cs1)C(C)C. The summed E-state index contributed by atoms with van der Waals surface area (Å²) in [7, 11) is 3.55. The number of carbonyl (C=O) groups is 3. The lowest BCUT2D eigenvalue weighted by atomic mass is 9.91. The molecule has 1 N–H and O–H groups in total. The van der Waals surface area contributed by atoms with Crippen molar-refractivity contribution in [2.24, 2.45) is 11.8 Å². The maximum Gasteiger partial charge on any atom is 0.357 e. The third-order valence-electron chi connectivity index (χ3n) is 10.3. The molecule has 2 aromatic rings. The molecule has 2 amide bonds. The third-order valence-corrected chi connectivity index (χ3v) is 12.3. The lowest BCUT2D eigenvalue weighted by Crippen LogP contribution is -2.63. The van der Waals surface area contributed by atoms with E-state index >= 15 is 0 Å². The number of thiazole rings is 1. The number of likely N-dealkylation sites (tertiary alicyclic amines) is 1. The highest BCUT2D eigenvalue weighted by Gasteiger charge is 2.43. The smallest absolute Gasteiger partial charge is 0.357 e. The summed E-state index contributed by atoms with van der Waals surface area (Å²) in [4.78, 5) is 49.4. The molecule has 0 radical (unpaired) electrons. The van der Waals surface area contributed by atoms with Gasteiger partial charge >= 0.3 is 5.97 Å². The Bertz CT molecular complexity index is 1490. The second-order valence-corrected chi connectivity index (χ2v) is 18.8. The molecule has 1 aliphatic heterocycles. The number of nitrogens with zero attached hydrogens (tertiary/aromatic N) is 3. The van der Waals surface area contributed by atoms with Crippen LogP contribution in [0.2, 0.25) is 0 Å². The van der Waals surface area contributed by atoms with Gasteiger partial charge in [0.25, 0.3) is 5.91 Å². The molecule has 9 nitrogen and oxygen atoms in total. The van der Waals surface area contributed by atoms with Gasteiger partial charge in [0, 0.05) is 52.6 Å². The van der Waals surface area contributed by atoms with Gasteiger partial charge in [-0.3, -0.25) is 9.59 Å². The van der Waals surface area contributed by atoms with Crippen molar-refractivity contribution in [3.05, 3.63) is 58.1 Å². The van der Waals surface area contributed by atoms with Crippen molar-refractivity contribution >= 4 is 40.9 Å². The van der Waals surface area contributed by atoms with Crippen LogP contribution in [0.5, 0.6) is 0 Å². The van der Waals surface area contributed by atoms with E-state index in [1.165, 1.54) is 28.9 Å². The van der Waals surface area contributed by atoms with Gasteiger partial charge in [0.15, 0.2) is 11.7 Å². The number of rotatable bonds is 19. The van der Waals surface area contributed by atoms with E-state index in [2.05, 4.69) is 109 Å². The quantitative estimate of drug-likeness (QED) is 0.0660. The second kappa shape index (κ2) is 20.8. The van der Waals surface area contributed by atoms with E-state index in [4.69, 9.17) is 9.47 Å². The summed E-state index contributed by atoms with van der Waals surface area (Å²) in [5.41, 5.74) is 1.47. The van der Waals surface area contributed by atoms with Crippen molar-refractivity contribution in [3.63, 3.8) is 0 Å². The van der Waals surface area contributed by atoms with Crippen molar-refractivity contribution in [3.8, 4) is 0 Å². The number of allylic oxidation sites excluding steroid dienone is 1. The molecular weight excluding hydrogens is 705 g/mol. The number of benzene rings is 1. The Hall–Kier alpha value is -2.73. The maximum absolute atomic E-state index is 14.9. The predicted octanol–water partition coefficient (Wildman–Crippen LogP) is 8.84. The minimum atomic E-state index is -0.677. The van der Waals surface area contributed by atoms with Crippen LogP contribution in [0.1, 0.15) is 128 Å². The summed E-state index contributed by atoms with van der Waals surface area (Å²) < 4.78 is 11.9. The minimum Gasteiger partial charge on any atom is -0.464 e. The number of hydrogen-bond donors (Lipinski definition) is 1. The van der Waals surface area contributed by atoms with Gasteiger partial charge in [-0.15, -0.1) is 23.1 Å². The van der Waals surface area contributed by atoms with Gasteiger partial charge < -0.3 is 24.2 Å². The number of esters is 1. The van der Waals surface area contributed by atoms with Crippen LogP contribution >= 0.6 is 23.1 Å². The van der Waals surface area contributed by atoms with Crippen LogP contribution in [0.25, 0.3) is 0 Å². The molecule has 53 heavy (non-hydrogen) atoms. The van der Waals surface area contributed by atoms with Crippen LogP contribution < -0.4 is 5.32 Å². The number of hydrogen-bond acceptors (Lipinski definition) is 8. The fraction of sp³-hybridized carbons (Fsp3) is 0.667. The average molecular weight is 772 g/mol. The summed E-state index contributed by atoms with van der Waals surface area (Å²) in [6.45, 7) is 21.6. The van der Waals surface area contributed by atoms with E-state index in [1.807, 2.05) is 23.6 Å². The molecule has 1 aromatic carbocycles. The van der Waals surface area contributed by atoms with Crippen LogP contribution in [0.3, 0.4) is 0 Å². The molecule has 1 aromatic heterocycles. The van der Waals surface area contributed by atoms with Crippen LogP contribution in [0.15, 0.2) is 46.7 Å². The van der Waals surface area contributed by atoms with E-state index in [-0.39, 0.29) is 46.2 Å². The number of amides is 2. The van der Waals surface area contributed by atoms with Crippen LogP contribution in [-0.4, -0.2) is 88.9 Å². The summed E-state index contributed by atoms with van der Waals surface area (Å²) in [6.07, 6.45) is 8.66. The number of piperidine rings is 1. The lowest BCUT2D eigenvalue weighted by molar-refractivity contribution is -0.942. The molecule has 6 atom stereocenters. The molecule has 0 bridgehead atoms. The van der Waals surface area contributed by atoms with Gasteiger partial charge in [0.2, 0.25) is 5.91 Å². The minimum absolute atomic E-state index is 0.0405. The van der Waals surface area contributed by atoms with E-state index < -0.39 is 18.1 Å². The molecule has 11 heteroatoms. The Morgan fingerprint density at radius 2 is 1.79 bits per heavy atom. The van der Waals surface area contributed by atoms with Gasteiger partial charge in [-0.25, -0.2) is 9.78 Å². The molecule has 2 unspecified atom stereocenters. The summed E-state index contributed by atoms with van der Waals surface area (Å²) in [5.74, 6) is -0.597. The first-order valence-corrected chi connectivity index (χ1v) is 21.3. The molecule has 0 spiro atoms. The van der Waals surface area contributed by atoms with E-state index in [9.17, 15) is 14.4 Å². The van der Waals surface area contributed by atoms with Crippen molar-refractivity contribution in [1.29, 1.82) is 0 Å². The van der Waals surface area contributed by atoms with Crippen LogP contribution in [0, 0.1) is 11.8 Å². The molecule has 1 saturated heterocycles. The largest absolute Gasteiger partial charge is 0.464 e. The standard InChI is InChI=1S/C42H66N4O5S2/c1-12-15-17-24-45(34(29(4)5)26-36(51-14-3)39-43-33(28-52-39)41(49)50-11)40(48)37(30(6)13-2)44-38(47)35-19-16-18-25-46(35,10)27-31-20-22-32(23-21-31)53-42(7,8)9/h15,17,20-23,28-30,34-37H,12-14,16,18-19,24-27H2,1-11H3/p+1/b17-15+/t30?,34-,35-,36-,37+,46?/m1/s1. The number of aromatic nitrogens is 1. The molecule has 1 fully saturated rings. The maximum atomic E-state index is 14.9.